The molecule has 1 aliphatic heterocycles. The van der Waals surface area contributed by atoms with Crippen LogP contribution in [0.1, 0.15) is 31.4 Å². The first-order valence-corrected chi connectivity index (χ1v) is 7.14. The van der Waals surface area contributed by atoms with Crippen LogP contribution in [0.3, 0.4) is 0 Å². The molecule has 0 aromatic heterocycles. The highest BCUT2D eigenvalue weighted by Crippen LogP contribution is 2.24. The molecule has 0 radical (unpaired) electrons. The minimum Gasteiger partial charge on any atom is -0.389 e. The SMILES string of the molecule is CC1(O)CCN(CCC(O)c2cccc(Br)c2)C1. The number of hydrogen-bond donors (Lipinski definition) is 2. The molecule has 100 valence electrons. The first-order chi connectivity index (χ1) is 8.46. The highest BCUT2D eigenvalue weighted by molar-refractivity contribution is 9.10. The van der Waals surface area contributed by atoms with E-state index in [0.29, 0.717) is 13.0 Å². The number of aliphatic hydroxyl groups is 2. The van der Waals surface area contributed by atoms with E-state index in [0.717, 1.165) is 29.5 Å². The van der Waals surface area contributed by atoms with Crippen LogP contribution in [0, 0.1) is 0 Å². The lowest BCUT2D eigenvalue weighted by molar-refractivity contribution is 0.0655. The van der Waals surface area contributed by atoms with Gasteiger partial charge in [0.2, 0.25) is 0 Å². The fraction of sp³-hybridized carbons (Fsp3) is 0.571. The van der Waals surface area contributed by atoms with Crippen molar-refractivity contribution in [2.45, 2.75) is 31.5 Å². The second-order valence-corrected chi connectivity index (χ2v) is 6.30. The summed E-state index contributed by atoms with van der Waals surface area (Å²) < 4.78 is 0.989. The number of hydrogen-bond acceptors (Lipinski definition) is 3. The molecule has 1 saturated heterocycles. The monoisotopic (exact) mass is 313 g/mol. The number of nitrogens with zero attached hydrogens (tertiary/aromatic N) is 1. The van der Waals surface area contributed by atoms with Crippen LogP contribution in [0.25, 0.3) is 0 Å². The van der Waals surface area contributed by atoms with Gasteiger partial charge in [-0.25, -0.2) is 0 Å². The van der Waals surface area contributed by atoms with Gasteiger partial charge in [0.25, 0.3) is 0 Å². The summed E-state index contributed by atoms with van der Waals surface area (Å²) in [5.41, 5.74) is 0.385. The van der Waals surface area contributed by atoms with E-state index in [-0.39, 0.29) is 0 Å². The molecule has 0 saturated carbocycles. The van der Waals surface area contributed by atoms with Gasteiger partial charge in [0, 0.05) is 24.1 Å². The van der Waals surface area contributed by atoms with Crippen LogP contribution in [-0.4, -0.2) is 40.3 Å². The number of likely N-dealkylation sites (tertiary alicyclic amines) is 1. The maximum absolute atomic E-state index is 10.1. The Labute approximate surface area is 117 Å². The van der Waals surface area contributed by atoms with E-state index in [1.165, 1.54) is 0 Å². The summed E-state index contributed by atoms with van der Waals surface area (Å²) in [7, 11) is 0. The Hall–Kier alpha value is -0.420. The average Bonchev–Trinajstić information content (AvgIpc) is 2.66. The van der Waals surface area contributed by atoms with Gasteiger partial charge in [0.05, 0.1) is 11.7 Å². The predicted octanol–water partition coefficient (Wildman–Crippen LogP) is 2.33. The molecule has 2 rings (SSSR count). The second-order valence-electron chi connectivity index (χ2n) is 5.38. The van der Waals surface area contributed by atoms with Crippen LogP contribution in [0.15, 0.2) is 28.7 Å². The molecule has 1 aromatic carbocycles. The van der Waals surface area contributed by atoms with Crippen LogP contribution in [-0.2, 0) is 0 Å². The molecular formula is C14H20BrNO2. The van der Waals surface area contributed by atoms with Crippen molar-refractivity contribution in [2.75, 3.05) is 19.6 Å². The van der Waals surface area contributed by atoms with E-state index in [1.807, 2.05) is 31.2 Å². The van der Waals surface area contributed by atoms with E-state index in [9.17, 15) is 10.2 Å². The van der Waals surface area contributed by atoms with Gasteiger partial charge in [0.1, 0.15) is 0 Å². The molecule has 2 unspecified atom stereocenters. The van der Waals surface area contributed by atoms with E-state index >= 15 is 0 Å². The van der Waals surface area contributed by atoms with Crippen molar-refractivity contribution >= 4 is 15.9 Å². The number of benzene rings is 1. The highest BCUT2D eigenvalue weighted by Gasteiger charge is 2.31. The Morgan fingerprint density at radius 3 is 2.89 bits per heavy atom. The minimum atomic E-state index is -0.555. The average molecular weight is 314 g/mol. The fourth-order valence-corrected chi connectivity index (χ4v) is 2.83. The highest BCUT2D eigenvalue weighted by atomic mass is 79.9. The van der Waals surface area contributed by atoms with Crippen LogP contribution < -0.4 is 0 Å². The Balaban J connectivity index is 1.84. The molecule has 2 N–H and O–H groups in total. The largest absolute Gasteiger partial charge is 0.389 e. The summed E-state index contributed by atoms with van der Waals surface area (Å²) in [5.74, 6) is 0. The minimum absolute atomic E-state index is 0.437. The number of aliphatic hydroxyl groups excluding tert-OH is 1. The smallest absolute Gasteiger partial charge is 0.0802 e. The molecule has 18 heavy (non-hydrogen) atoms. The van der Waals surface area contributed by atoms with Gasteiger partial charge in [-0.05, 0) is 37.5 Å². The zero-order chi connectivity index (χ0) is 13.2. The standard InChI is InChI=1S/C14H20BrNO2/c1-14(18)6-8-16(10-14)7-5-13(17)11-3-2-4-12(15)9-11/h2-4,9,13,17-18H,5-8,10H2,1H3. The number of halogens is 1. The van der Waals surface area contributed by atoms with Crippen molar-refractivity contribution in [1.29, 1.82) is 0 Å². The maximum Gasteiger partial charge on any atom is 0.0802 e. The lowest BCUT2D eigenvalue weighted by Crippen LogP contribution is -2.30. The van der Waals surface area contributed by atoms with Gasteiger partial charge >= 0.3 is 0 Å². The molecule has 0 bridgehead atoms. The van der Waals surface area contributed by atoms with Crippen LogP contribution in [0.4, 0.5) is 0 Å². The van der Waals surface area contributed by atoms with Crippen molar-refractivity contribution in [3.8, 4) is 0 Å². The molecule has 1 fully saturated rings. The van der Waals surface area contributed by atoms with E-state index in [4.69, 9.17) is 0 Å². The fourth-order valence-electron chi connectivity index (χ4n) is 2.42. The van der Waals surface area contributed by atoms with Crippen molar-refractivity contribution < 1.29 is 10.2 Å². The quantitative estimate of drug-likeness (QED) is 0.896. The summed E-state index contributed by atoms with van der Waals surface area (Å²) >= 11 is 3.41. The first kappa shape index (κ1) is 14.0. The van der Waals surface area contributed by atoms with Crippen molar-refractivity contribution in [1.82, 2.24) is 4.90 Å². The number of β-amino-alcohol motifs (C(OH)–C–C–N with tert-alkyl or cyclic N) is 1. The summed E-state index contributed by atoms with van der Waals surface area (Å²) in [4.78, 5) is 2.21. The molecule has 0 spiro atoms. The van der Waals surface area contributed by atoms with E-state index < -0.39 is 11.7 Å². The van der Waals surface area contributed by atoms with Crippen molar-refractivity contribution in [3.63, 3.8) is 0 Å². The third-order valence-corrected chi connectivity index (χ3v) is 3.98. The summed E-state index contributed by atoms with van der Waals surface area (Å²) in [6.07, 6.45) is 1.08. The van der Waals surface area contributed by atoms with Crippen molar-refractivity contribution in [3.05, 3.63) is 34.3 Å². The molecule has 2 atom stereocenters. The zero-order valence-corrected chi connectivity index (χ0v) is 12.2. The molecular weight excluding hydrogens is 294 g/mol. The van der Waals surface area contributed by atoms with Gasteiger partial charge < -0.3 is 15.1 Å². The molecule has 0 aliphatic carbocycles. The molecule has 3 nitrogen and oxygen atoms in total. The maximum atomic E-state index is 10.1. The topological polar surface area (TPSA) is 43.7 Å². The zero-order valence-electron chi connectivity index (χ0n) is 10.6. The lowest BCUT2D eigenvalue weighted by Gasteiger charge is -2.20. The van der Waals surface area contributed by atoms with Gasteiger partial charge in [-0.15, -0.1) is 0 Å². The van der Waals surface area contributed by atoms with E-state index in [1.54, 1.807) is 0 Å². The Kier molecular flexibility index (Phi) is 4.43. The predicted molar refractivity (Wildman–Crippen MR) is 75.4 cm³/mol. The summed E-state index contributed by atoms with van der Waals surface area (Å²) in [6.45, 7) is 4.32. The first-order valence-electron chi connectivity index (χ1n) is 6.34. The van der Waals surface area contributed by atoms with E-state index in [2.05, 4.69) is 20.8 Å². The van der Waals surface area contributed by atoms with Crippen molar-refractivity contribution in [2.24, 2.45) is 0 Å². The lowest BCUT2D eigenvalue weighted by atomic mass is 10.1. The van der Waals surface area contributed by atoms with Gasteiger partial charge in [-0.1, -0.05) is 28.1 Å². The molecule has 1 aromatic rings. The Morgan fingerprint density at radius 1 is 1.50 bits per heavy atom. The molecule has 1 heterocycles. The molecule has 4 heteroatoms. The third kappa shape index (κ3) is 3.79. The number of rotatable bonds is 4. The van der Waals surface area contributed by atoms with Crippen LogP contribution in [0.5, 0.6) is 0 Å². The van der Waals surface area contributed by atoms with Crippen LogP contribution in [0.2, 0.25) is 0 Å². The van der Waals surface area contributed by atoms with Gasteiger partial charge in [0.15, 0.2) is 0 Å². The van der Waals surface area contributed by atoms with Gasteiger partial charge in [-0.2, -0.15) is 0 Å². The normalized spacial score (nSPS) is 26.4. The third-order valence-electron chi connectivity index (χ3n) is 3.48. The van der Waals surface area contributed by atoms with Crippen LogP contribution >= 0.6 is 15.9 Å². The Morgan fingerprint density at radius 2 is 2.28 bits per heavy atom. The second kappa shape index (κ2) is 5.70. The summed E-state index contributed by atoms with van der Waals surface area (Å²) in [5, 5.41) is 20.0. The summed E-state index contributed by atoms with van der Waals surface area (Å²) in [6, 6.07) is 7.78. The van der Waals surface area contributed by atoms with Gasteiger partial charge in [-0.3, -0.25) is 0 Å². The molecule has 1 aliphatic rings. The molecule has 0 amide bonds. The Bertz CT molecular complexity index is 409.